The van der Waals surface area contributed by atoms with E-state index in [1.807, 2.05) is 0 Å². The Labute approximate surface area is 86.2 Å². The van der Waals surface area contributed by atoms with Gasteiger partial charge in [0, 0.05) is 26.3 Å². The standard InChI is InChI=1S/C11H21NO2/c1-2-10(8-13-4-1)6-12-7-11-3-5-14-9-11/h10-12H,1-9H2. The van der Waals surface area contributed by atoms with Gasteiger partial charge in [0.25, 0.3) is 0 Å². The van der Waals surface area contributed by atoms with Crippen LogP contribution in [0.4, 0.5) is 0 Å². The summed E-state index contributed by atoms with van der Waals surface area (Å²) in [6.07, 6.45) is 3.79. The lowest BCUT2D eigenvalue weighted by Gasteiger charge is -2.22. The first-order valence-electron chi connectivity index (χ1n) is 5.81. The molecule has 2 saturated heterocycles. The maximum Gasteiger partial charge on any atom is 0.0507 e. The second kappa shape index (κ2) is 5.69. The summed E-state index contributed by atoms with van der Waals surface area (Å²) in [6, 6.07) is 0. The first-order valence-corrected chi connectivity index (χ1v) is 5.81. The molecule has 2 unspecified atom stereocenters. The summed E-state index contributed by atoms with van der Waals surface area (Å²) in [7, 11) is 0. The lowest BCUT2D eigenvalue weighted by Crippen LogP contribution is -2.32. The van der Waals surface area contributed by atoms with Crippen molar-refractivity contribution < 1.29 is 9.47 Å². The quantitative estimate of drug-likeness (QED) is 0.734. The third kappa shape index (κ3) is 3.23. The Kier molecular flexibility index (Phi) is 4.22. The van der Waals surface area contributed by atoms with Crippen LogP contribution >= 0.6 is 0 Å². The topological polar surface area (TPSA) is 30.5 Å². The lowest BCUT2D eigenvalue weighted by molar-refractivity contribution is 0.0544. The fourth-order valence-corrected chi connectivity index (χ4v) is 2.20. The van der Waals surface area contributed by atoms with Crippen molar-refractivity contribution in [3.8, 4) is 0 Å². The van der Waals surface area contributed by atoms with Crippen molar-refractivity contribution >= 4 is 0 Å². The number of rotatable bonds is 4. The third-order valence-corrected chi connectivity index (χ3v) is 3.14. The van der Waals surface area contributed by atoms with Crippen LogP contribution < -0.4 is 5.32 Å². The van der Waals surface area contributed by atoms with Gasteiger partial charge in [-0.2, -0.15) is 0 Å². The minimum absolute atomic E-state index is 0.742. The van der Waals surface area contributed by atoms with Crippen molar-refractivity contribution in [1.82, 2.24) is 5.32 Å². The Bertz CT molecular complexity index is 151. The van der Waals surface area contributed by atoms with Crippen molar-refractivity contribution in [3.63, 3.8) is 0 Å². The molecule has 3 nitrogen and oxygen atoms in total. The molecule has 2 atom stereocenters. The van der Waals surface area contributed by atoms with Crippen molar-refractivity contribution in [1.29, 1.82) is 0 Å². The van der Waals surface area contributed by atoms with Crippen molar-refractivity contribution in [2.45, 2.75) is 19.3 Å². The Morgan fingerprint density at radius 3 is 2.21 bits per heavy atom. The summed E-state index contributed by atoms with van der Waals surface area (Å²) in [5, 5.41) is 3.54. The Hall–Kier alpha value is -0.120. The van der Waals surface area contributed by atoms with Gasteiger partial charge >= 0.3 is 0 Å². The fraction of sp³-hybridized carbons (Fsp3) is 1.00. The monoisotopic (exact) mass is 199 g/mol. The van der Waals surface area contributed by atoms with Gasteiger partial charge in [0.05, 0.1) is 13.2 Å². The van der Waals surface area contributed by atoms with Crippen LogP contribution in [0, 0.1) is 11.8 Å². The minimum Gasteiger partial charge on any atom is -0.381 e. The summed E-state index contributed by atoms with van der Waals surface area (Å²) < 4.78 is 10.8. The maximum atomic E-state index is 5.44. The van der Waals surface area contributed by atoms with E-state index in [0.717, 1.165) is 51.4 Å². The zero-order valence-electron chi connectivity index (χ0n) is 8.84. The van der Waals surface area contributed by atoms with Gasteiger partial charge in [-0.1, -0.05) is 0 Å². The van der Waals surface area contributed by atoms with E-state index >= 15 is 0 Å². The highest BCUT2D eigenvalue weighted by molar-refractivity contribution is 4.70. The van der Waals surface area contributed by atoms with E-state index in [2.05, 4.69) is 5.32 Å². The number of nitrogens with one attached hydrogen (secondary N) is 1. The van der Waals surface area contributed by atoms with E-state index < -0.39 is 0 Å². The first kappa shape index (κ1) is 10.4. The van der Waals surface area contributed by atoms with Crippen molar-refractivity contribution in [2.24, 2.45) is 11.8 Å². The molecule has 82 valence electrons. The Balaban J connectivity index is 1.52. The molecule has 0 aromatic heterocycles. The Morgan fingerprint density at radius 1 is 0.929 bits per heavy atom. The molecule has 2 aliphatic rings. The van der Waals surface area contributed by atoms with Gasteiger partial charge in [0.15, 0.2) is 0 Å². The van der Waals surface area contributed by atoms with Crippen LogP contribution in [0.25, 0.3) is 0 Å². The van der Waals surface area contributed by atoms with Crippen LogP contribution in [-0.2, 0) is 9.47 Å². The van der Waals surface area contributed by atoms with Gasteiger partial charge in [-0.15, -0.1) is 0 Å². The van der Waals surface area contributed by atoms with Gasteiger partial charge in [0.2, 0.25) is 0 Å². The van der Waals surface area contributed by atoms with E-state index in [9.17, 15) is 0 Å². The molecule has 0 aromatic carbocycles. The highest BCUT2D eigenvalue weighted by atomic mass is 16.5. The molecule has 0 saturated carbocycles. The van der Waals surface area contributed by atoms with Crippen molar-refractivity contribution in [3.05, 3.63) is 0 Å². The van der Waals surface area contributed by atoms with Crippen LogP contribution in [0.1, 0.15) is 19.3 Å². The van der Waals surface area contributed by atoms with Crippen LogP contribution in [0.15, 0.2) is 0 Å². The predicted octanol–water partition coefficient (Wildman–Crippen LogP) is 1.04. The molecule has 2 rings (SSSR count). The average Bonchev–Trinajstić information content (AvgIpc) is 2.72. The number of hydrogen-bond acceptors (Lipinski definition) is 3. The second-order valence-corrected chi connectivity index (χ2v) is 4.47. The molecule has 2 fully saturated rings. The predicted molar refractivity (Wildman–Crippen MR) is 55.3 cm³/mol. The van der Waals surface area contributed by atoms with Crippen molar-refractivity contribution in [2.75, 3.05) is 39.5 Å². The highest BCUT2D eigenvalue weighted by Gasteiger charge is 2.17. The SMILES string of the molecule is C1COCC(CNCC2CCOC2)C1. The molecule has 0 aromatic rings. The maximum absolute atomic E-state index is 5.44. The molecule has 0 aliphatic carbocycles. The largest absolute Gasteiger partial charge is 0.381 e. The van der Waals surface area contributed by atoms with E-state index in [-0.39, 0.29) is 0 Å². The summed E-state index contributed by atoms with van der Waals surface area (Å²) in [4.78, 5) is 0. The van der Waals surface area contributed by atoms with Gasteiger partial charge in [-0.25, -0.2) is 0 Å². The fourth-order valence-electron chi connectivity index (χ4n) is 2.20. The van der Waals surface area contributed by atoms with Crippen LogP contribution in [-0.4, -0.2) is 39.5 Å². The summed E-state index contributed by atoms with van der Waals surface area (Å²) >= 11 is 0. The third-order valence-electron chi connectivity index (χ3n) is 3.14. The smallest absolute Gasteiger partial charge is 0.0507 e. The molecule has 2 aliphatic heterocycles. The molecule has 0 amide bonds. The molecule has 0 spiro atoms. The average molecular weight is 199 g/mol. The zero-order chi connectivity index (χ0) is 9.64. The summed E-state index contributed by atoms with van der Waals surface area (Å²) in [6.45, 7) is 6.07. The molecule has 3 heteroatoms. The molecule has 2 heterocycles. The summed E-state index contributed by atoms with van der Waals surface area (Å²) in [5.74, 6) is 1.49. The molecule has 14 heavy (non-hydrogen) atoms. The van der Waals surface area contributed by atoms with Gasteiger partial charge in [-0.05, 0) is 31.1 Å². The zero-order valence-corrected chi connectivity index (χ0v) is 8.84. The van der Waals surface area contributed by atoms with Gasteiger partial charge < -0.3 is 14.8 Å². The molecular formula is C11H21NO2. The van der Waals surface area contributed by atoms with Gasteiger partial charge in [-0.3, -0.25) is 0 Å². The van der Waals surface area contributed by atoms with E-state index in [0.29, 0.717) is 0 Å². The van der Waals surface area contributed by atoms with Crippen LogP contribution in [0.3, 0.4) is 0 Å². The van der Waals surface area contributed by atoms with Gasteiger partial charge in [0.1, 0.15) is 0 Å². The van der Waals surface area contributed by atoms with E-state index in [1.54, 1.807) is 0 Å². The molecular weight excluding hydrogens is 178 g/mol. The Morgan fingerprint density at radius 2 is 1.64 bits per heavy atom. The van der Waals surface area contributed by atoms with Crippen LogP contribution in [0.5, 0.6) is 0 Å². The minimum atomic E-state index is 0.742. The number of hydrogen-bond donors (Lipinski definition) is 1. The van der Waals surface area contributed by atoms with E-state index in [1.165, 1.54) is 19.3 Å². The normalized spacial score (nSPS) is 33.4. The molecule has 1 N–H and O–H groups in total. The number of ether oxygens (including phenoxy) is 2. The lowest BCUT2D eigenvalue weighted by atomic mass is 10.0. The second-order valence-electron chi connectivity index (χ2n) is 4.47. The van der Waals surface area contributed by atoms with Crippen LogP contribution in [0.2, 0.25) is 0 Å². The first-order chi connectivity index (χ1) is 6.95. The molecule has 0 bridgehead atoms. The highest BCUT2D eigenvalue weighted by Crippen LogP contribution is 2.13. The van der Waals surface area contributed by atoms with E-state index in [4.69, 9.17) is 9.47 Å². The molecule has 0 radical (unpaired) electrons. The summed E-state index contributed by atoms with van der Waals surface area (Å²) in [5.41, 5.74) is 0.